The Morgan fingerprint density at radius 3 is 2.44 bits per heavy atom. The molecule has 0 heterocycles. The van der Waals surface area contributed by atoms with E-state index in [-0.39, 0.29) is 6.61 Å². The van der Waals surface area contributed by atoms with Crippen molar-refractivity contribution in [2.75, 3.05) is 15.4 Å². The molecule has 18 heavy (non-hydrogen) atoms. The Morgan fingerprint density at radius 1 is 1.33 bits per heavy atom. The van der Waals surface area contributed by atoms with Crippen molar-refractivity contribution in [3.63, 3.8) is 0 Å². The molecule has 0 atom stereocenters. The Balaban J connectivity index is 2.91. The number of nitrogens with zero attached hydrogens (tertiary/aromatic N) is 1. The second kappa shape index (κ2) is 6.10. The molecule has 1 rings (SSSR count). The summed E-state index contributed by atoms with van der Waals surface area (Å²) in [6.45, 7) is 9.66. The molecule has 1 aromatic carbocycles. The number of rotatable bonds is 4. The smallest absolute Gasteiger partial charge is 0.0702 e. The van der Waals surface area contributed by atoms with Gasteiger partial charge in [-0.1, -0.05) is 26.8 Å². The maximum Gasteiger partial charge on any atom is 0.0702 e. The molecule has 4 heteroatoms. The minimum Gasteiger partial charge on any atom is -0.397 e. The van der Waals surface area contributed by atoms with Crippen molar-refractivity contribution in [1.82, 2.24) is 0 Å². The van der Waals surface area contributed by atoms with Crippen LogP contribution in [-0.4, -0.2) is 11.7 Å². The number of benzene rings is 1. The molecule has 0 radical (unpaired) electrons. The lowest BCUT2D eigenvalue weighted by atomic mass is 9.92. The molecule has 0 fully saturated rings. The first kappa shape index (κ1) is 15.6. The quantitative estimate of drug-likeness (QED) is 0.488. The van der Waals surface area contributed by atoms with Crippen LogP contribution in [0.5, 0.6) is 0 Å². The van der Waals surface area contributed by atoms with Crippen LogP contribution in [0, 0.1) is 12.3 Å². The van der Waals surface area contributed by atoms with Crippen LogP contribution < -0.4 is 8.85 Å². The highest BCUT2D eigenvalue weighted by molar-refractivity contribution is 14.1. The van der Waals surface area contributed by atoms with Gasteiger partial charge < -0.3 is 14.0 Å². The van der Waals surface area contributed by atoms with Gasteiger partial charge in [0.25, 0.3) is 0 Å². The van der Waals surface area contributed by atoms with Gasteiger partial charge in [-0.25, -0.2) is 0 Å². The molecule has 0 aliphatic heterocycles. The number of aliphatic hydroxyl groups excluding tert-OH is 1. The molecular formula is C14H23IN2O. The monoisotopic (exact) mass is 362 g/mol. The minimum atomic E-state index is -0.00966. The second-order valence-electron chi connectivity index (χ2n) is 5.91. The van der Waals surface area contributed by atoms with Crippen molar-refractivity contribution in [1.29, 1.82) is 0 Å². The molecule has 0 bridgehead atoms. The van der Waals surface area contributed by atoms with E-state index in [9.17, 15) is 5.11 Å². The Bertz CT molecular complexity index is 413. The Hall–Kier alpha value is -0.490. The topological polar surface area (TPSA) is 49.5 Å². The SMILES string of the molecule is Cc1cc(CO)c(N)c(N(I)CCC(C)(C)C)c1. The van der Waals surface area contributed by atoms with E-state index in [1.807, 2.05) is 13.0 Å². The summed E-state index contributed by atoms with van der Waals surface area (Å²) in [7, 11) is 0. The van der Waals surface area contributed by atoms with Gasteiger partial charge in [0.2, 0.25) is 0 Å². The van der Waals surface area contributed by atoms with Crippen molar-refractivity contribution < 1.29 is 5.11 Å². The summed E-state index contributed by atoms with van der Waals surface area (Å²) in [4.78, 5) is 0. The van der Waals surface area contributed by atoms with Crippen molar-refractivity contribution in [3.05, 3.63) is 23.3 Å². The van der Waals surface area contributed by atoms with Crippen LogP contribution in [0.2, 0.25) is 0 Å². The number of aryl methyl sites for hydroxylation is 1. The molecule has 0 aromatic heterocycles. The fourth-order valence-electron chi connectivity index (χ4n) is 1.74. The number of aliphatic hydroxyl groups is 1. The fraction of sp³-hybridized carbons (Fsp3) is 0.571. The normalized spacial score (nSPS) is 11.7. The molecule has 0 saturated heterocycles. The molecule has 0 unspecified atom stereocenters. The predicted molar refractivity (Wildman–Crippen MR) is 87.0 cm³/mol. The number of anilines is 2. The van der Waals surface area contributed by atoms with Crippen molar-refractivity contribution >= 4 is 34.2 Å². The molecule has 3 nitrogen and oxygen atoms in total. The first-order valence-electron chi connectivity index (χ1n) is 6.18. The second-order valence-corrected chi connectivity index (χ2v) is 7.08. The maximum atomic E-state index is 9.31. The standard InChI is InChI=1S/C14H23IN2O/c1-10-7-11(9-18)13(16)12(8-10)17(15)6-5-14(2,3)4/h7-8,18H,5-6,9,16H2,1-4H3. The van der Waals surface area contributed by atoms with E-state index in [0.29, 0.717) is 11.1 Å². The van der Waals surface area contributed by atoms with Crippen molar-refractivity contribution in [3.8, 4) is 0 Å². The van der Waals surface area contributed by atoms with Gasteiger partial charge in [-0.15, -0.1) is 0 Å². The molecule has 0 aliphatic carbocycles. The van der Waals surface area contributed by atoms with Gasteiger partial charge >= 0.3 is 0 Å². The largest absolute Gasteiger partial charge is 0.397 e. The number of hydrogen-bond donors (Lipinski definition) is 2. The molecule has 0 amide bonds. The third kappa shape index (κ3) is 4.31. The summed E-state index contributed by atoms with van der Waals surface area (Å²) >= 11 is 2.29. The van der Waals surface area contributed by atoms with E-state index in [1.54, 1.807) is 0 Å². The van der Waals surface area contributed by atoms with E-state index in [4.69, 9.17) is 5.73 Å². The van der Waals surface area contributed by atoms with Crippen molar-refractivity contribution in [2.24, 2.45) is 5.41 Å². The number of halogens is 1. The van der Waals surface area contributed by atoms with Crippen LogP contribution in [0.1, 0.15) is 38.3 Å². The molecule has 1 aromatic rings. The van der Waals surface area contributed by atoms with Crippen LogP contribution in [0.3, 0.4) is 0 Å². The summed E-state index contributed by atoms with van der Waals surface area (Å²) in [5, 5.41) is 9.31. The van der Waals surface area contributed by atoms with Gasteiger partial charge in [0.05, 0.1) is 40.8 Å². The zero-order valence-electron chi connectivity index (χ0n) is 11.6. The van der Waals surface area contributed by atoms with Gasteiger partial charge in [0, 0.05) is 12.1 Å². The van der Waals surface area contributed by atoms with Crippen LogP contribution >= 0.6 is 22.9 Å². The van der Waals surface area contributed by atoms with E-state index in [1.165, 1.54) is 0 Å². The molecule has 0 saturated carbocycles. The lowest BCUT2D eigenvalue weighted by Crippen LogP contribution is -2.19. The van der Waals surface area contributed by atoms with E-state index < -0.39 is 0 Å². The predicted octanol–water partition coefficient (Wildman–Crippen LogP) is 3.66. The summed E-state index contributed by atoms with van der Waals surface area (Å²) in [5.41, 5.74) is 10.0. The van der Waals surface area contributed by atoms with Gasteiger partial charge in [-0.2, -0.15) is 0 Å². The first-order chi connectivity index (χ1) is 8.24. The average Bonchev–Trinajstić information content (AvgIpc) is 2.27. The highest BCUT2D eigenvalue weighted by atomic mass is 127. The number of nitrogens with two attached hydrogens (primary N) is 1. The third-order valence-corrected chi connectivity index (χ3v) is 3.88. The summed E-state index contributed by atoms with van der Waals surface area (Å²) in [6, 6.07) is 4.01. The van der Waals surface area contributed by atoms with E-state index >= 15 is 0 Å². The Labute approximate surface area is 124 Å². The van der Waals surface area contributed by atoms with Crippen molar-refractivity contribution in [2.45, 2.75) is 40.7 Å². The molecular weight excluding hydrogens is 339 g/mol. The third-order valence-electron chi connectivity index (χ3n) is 2.88. The zero-order valence-corrected chi connectivity index (χ0v) is 13.8. The highest BCUT2D eigenvalue weighted by Crippen LogP contribution is 2.32. The lowest BCUT2D eigenvalue weighted by Gasteiger charge is -2.25. The minimum absolute atomic E-state index is 0.00966. The average molecular weight is 362 g/mol. The van der Waals surface area contributed by atoms with Crippen LogP contribution in [0.15, 0.2) is 12.1 Å². The van der Waals surface area contributed by atoms with E-state index in [2.05, 4.69) is 52.8 Å². The highest BCUT2D eigenvalue weighted by Gasteiger charge is 2.15. The molecule has 102 valence electrons. The molecule has 0 aliphatic rings. The Kier molecular flexibility index (Phi) is 5.28. The van der Waals surface area contributed by atoms with E-state index in [0.717, 1.165) is 29.8 Å². The molecule has 3 N–H and O–H groups in total. The first-order valence-corrected chi connectivity index (χ1v) is 7.14. The zero-order chi connectivity index (χ0) is 13.9. The summed E-state index contributed by atoms with van der Waals surface area (Å²) < 4.78 is 2.14. The van der Waals surface area contributed by atoms with Gasteiger partial charge in [-0.05, 0) is 30.4 Å². The summed E-state index contributed by atoms with van der Waals surface area (Å²) in [5.74, 6) is 0. The lowest BCUT2D eigenvalue weighted by molar-refractivity contribution is 0.282. The van der Waals surface area contributed by atoms with Gasteiger partial charge in [-0.3, -0.25) is 0 Å². The Morgan fingerprint density at radius 2 is 1.94 bits per heavy atom. The van der Waals surface area contributed by atoms with Crippen LogP contribution in [0.4, 0.5) is 11.4 Å². The van der Waals surface area contributed by atoms with Gasteiger partial charge in [0.15, 0.2) is 0 Å². The van der Waals surface area contributed by atoms with Crippen LogP contribution in [0.25, 0.3) is 0 Å². The summed E-state index contributed by atoms with van der Waals surface area (Å²) in [6.07, 6.45) is 1.10. The van der Waals surface area contributed by atoms with Gasteiger partial charge in [0.1, 0.15) is 0 Å². The number of hydrogen-bond acceptors (Lipinski definition) is 3. The van der Waals surface area contributed by atoms with Crippen LogP contribution in [-0.2, 0) is 6.61 Å². The molecule has 0 spiro atoms. The fourth-order valence-corrected chi connectivity index (χ4v) is 2.38. The number of nitrogen functional groups attached to an aromatic ring is 1. The maximum absolute atomic E-state index is 9.31.